The van der Waals surface area contributed by atoms with Crippen LogP contribution in [-0.2, 0) is 9.53 Å². The summed E-state index contributed by atoms with van der Waals surface area (Å²) < 4.78 is 5.33. The lowest BCUT2D eigenvalue weighted by atomic mass is 10.0. The van der Waals surface area contributed by atoms with E-state index in [1.165, 1.54) is 0 Å². The van der Waals surface area contributed by atoms with Crippen molar-refractivity contribution in [1.29, 1.82) is 0 Å². The van der Waals surface area contributed by atoms with Gasteiger partial charge in [0.25, 0.3) is 0 Å². The number of likely N-dealkylation sites (tertiary alicyclic amines) is 1. The number of carbonyl (C=O) groups is 1. The smallest absolute Gasteiger partial charge is 0.320 e. The number of hydrogen-bond acceptors (Lipinski definition) is 3. The molecule has 1 N–H and O–H groups in total. The number of carboxylic acids is 1. The summed E-state index contributed by atoms with van der Waals surface area (Å²) in [7, 11) is 0. The van der Waals surface area contributed by atoms with Crippen molar-refractivity contribution in [3.8, 4) is 0 Å². The first-order valence-corrected chi connectivity index (χ1v) is 4.73. The minimum absolute atomic E-state index is 0.342. The molecule has 0 saturated carbocycles. The molecule has 0 aliphatic carbocycles. The number of hydrogen-bond donors (Lipinski definition) is 1. The molecule has 4 nitrogen and oxygen atoms in total. The molecule has 3 atom stereocenters. The minimum Gasteiger partial charge on any atom is -0.480 e. The van der Waals surface area contributed by atoms with E-state index in [0.717, 1.165) is 26.3 Å². The third-order valence-electron chi connectivity index (χ3n) is 3.17. The summed E-state index contributed by atoms with van der Waals surface area (Å²) in [4.78, 5) is 12.8. The molecule has 0 unspecified atom stereocenters. The van der Waals surface area contributed by atoms with E-state index >= 15 is 0 Å². The van der Waals surface area contributed by atoms with Gasteiger partial charge in [0.05, 0.1) is 13.2 Å². The summed E-state index contributed by atoms with van der Waals surface area (Å²) in [6.45, 7) is 5.15. The van der Waals surface area contributed by atoms with Gasteiger partial charge >= 0.3 is 5.97 Å². The Morgan fingerprint density at radius 3 is 2.46 bits per heavy atom. The molecule has 0 bridgehead atoms. The Hall–Kier alpha value is -0.610. The highest BCUT2D eigenvalue weighted by molar-refractivity contribution is 5.72. The van der Waals surface area contributed by atoms with E-state index in [1.807, 2.05) is 4.90 Å². The van der Waals surface area contributed by atoms with Crippen LogP contribution in [0, 0.1) is 11.8 Å². The van der Waals surface area contributed by atoms with E-state index in [4.69, 9.17) is 9.84 Å². The molecule has 2 aliphatic heterocycles. The van der Waals surface area contributed by atoms with Crippen LogP contribution in [0.15, 0.2) is 0 Å². The highest BCUT2D eigenvalue weighted by Crippen LogP contribution is 2.30. The van der Waals surface area contributed by atoms with Crippen molar-refractivity contribution in [3.63, 3.8) is 0 Å². The van der Waals surface area contributed by atoms with Gasteiger partial charge in [0.1, 0.15) is 6.04 Å². The molecule has 2 fully saturated rings. The molecular weight excluding hydrogens is 170 g/mol. The average Bonchev–Trinajstić information content (AvgIpc) is 2.59. The number of nitrogens with zero attached hydrogens (tertiary/aromatic N) is 1. The van der Waals surface area contributed by atoms with Gasteiger partial charge in [-0.25, -0.2) is 0 Å². The van der Waals surface area contributed by atoms with Gasteiger partial charge < -0.3 is 9.84 Å². The van der Waals surface area contributed by atoms with Gasteiger partial charge in [-0.15, -0.1) is 0 Å². The summed E-state index contributed by atoms with van der Waals surface area (Å²) in [6, 6.07) is -0.342. The fraction of sp³-hybridized carbons (Fsp3) is 0.889. The number of carboxylic acid groups (broad SMARTS) is 1. The number of rotatable bonds is 2. The van der Waals surface area contributed by atoms with E-state index in [9.17, 15) is 4.79 Å². The number of ether oxygens (including phenoxy) is 1. The van der Waals surface area contributed by atoms with Gasteiger partial charge in [-0.05, 0) is 6.92 Å². The van der Waals surface area contributed by atoms with Gasteiger partial charge in [0, 0.05) is 24.9 Å². The fourth-order valence-corrected chi connectivity index (χ4v) is 2.20. The van der Waals surface area contributed by atoms with Crippen molar-refractivity contribution in [1.82, 2.24) is 4.90 Å². The van der Waals surface area contributed by atoms with Crippen LogP contribution in [0.1, 0.15) is 6.92 Å². The predicted molar refractivity (Wildman–Crippen MR) is 46.5 cm³/mol. The van der Waals surface area contributed by atoms with Gasteiger partial charge in [-0.1, -0.05) is 0 Å². The molecule has 2 heterocycles. The van der Waals surface area contributed by atoms with Crippen molar-refractivity contribution in [2.24, 2.45) is 11.8 Å². The molecule has 13 heavy (non-hydrogen) atoms. The van der Waals surface area contributed by atoms with Gasteiger partial charge in [0.15, 0.2) is 0 Å². The largest absolute Gasteiger partial charge is 0.480 e. The van der Waals surface area contributed by atoms with Crippen LogP contribution in [0.5, 0.6) is 0 Å². The Bertz CT molecular complexity index is 207. The third kappa shape index (κ3) is 1.56. The normalized spacial score (nSPS) is 36.1. The molecule has 2 saturated heterocycles. The molecule has 0 aromatic rings. The summed E-state index contributed by atoms with van der Waals surface area (Å²) in [6.07, 6.45) is 0. The molecule has 2 rings (SSSR count). The van der Waals surface area contributed by atoms with Crippen molar-refractivity contribution in [2.75, 3.05) is 26.3 Å². The molecule has 0 aromatic carbocycles. The molecule has 0 aromatic heterocycles. The van der Waals surface area contributed by atoms with Gasteiger partial charge in [-0.3, -0.25) is 9.69 Å². The Morgan fingerprint density at radius 1 is 1.46 bits per heavy atom. The summed E-state index contributed by atoms with van der Waals surface area (Å²) >= 11 is 0. The minimum atomic E-state index is -0.721. The van der Waals surface area contributed by atoms with Crippen LogP contribution in [0.2, 0.25) is 0 Å². The van der Waals surface area contributed by atoms with Crippen LogP contribution in [0.3, 0.4) is 0 Å². The molecule has 0 spiro atoms. The van der Waals surface area contributed by atoms with E-state index in [0.29, 0.717) is 11.8 Å². The fourth-order valence-electron chi connectivity index (χ4n) is 2.20. The van der Waals surface area contributed by atoms with Crippen molar-refractivity contribution in [3.05, 3.63) is 0 Å². The zero-order valence-corrected chi connectivity index (χ0v) is 7.77. The number of fused-ring (bicyclic) bond motifs is 1. The SMILES string of the molecule is C[C@H](C(=O)O)N1C[C@@H]2COC[C@H]2C1. The Balaban J connectivity index is 1.95. The maximum Gasteiger partial charge on any atom is 0.320 e. The van der Waals surface area contributed by atoms with Crippen molar-refractivity contribution >= 4 is 5.97 Å². The lowest BCUT2D eigenvalue weighted by molar-refractivity contribution is -0.142. The van der Waals surface area contributed by atoms with Crippen molar-refractivity contribution < 1.29 is 14.6 Å². The zero-order valence-electron chi connectivity index (χ0n) is 7.77. The first-order chi connectivity index (χ1) is 6.18. The summed E-state index contributed by atoms with van der Waals surface area (Å²) in [5.74, 6) is 0.421. The standard InChI is InChI=1S/C9H15NO3/c1-6(9(11)12)10-2-7-4-13-5-8(7)3-10/h6-8H,2-5H2,1H3,(H,11,12)/t6-,7-,8-/m1/s1. The first kappa shape index (κ1) is 8.97. The molecular formula is C9H15NO3. The Kier molecular flexibility index (Phi) is 2.26. The van der Waals surface area contributed by atoms with Gasteiger partial charge in [-0.2, -0.15) is 0 Å². The lowest BCUT2D eigenvalue weighted by Crippen LogP contribution is -2.38. The number of aliphatic carboxylic acids is 1. The van der Waals surface area contributed by atoms with Crippen LogP contribution < -0.4 is 0 Å². The van der Waals surface area contributed by atoms with Gasteiger partial charge in [0.2, 0.25) is 0 Å². The van der Waals surface area contributed by atoms with Crippen LogP contribution in [-0.4, -0.2) is 48.3 Å². The average molecular weight is 185 g/mol. The lowest BCUT2D eigenvalue weighted by Gasteiger charge is -2.20. The second-order valence-corrected chi connectivity index (χ2v) is 4.03. The third-order valence-corrected chi connectivity index (χ3v) is 3.17. The maximum absolute atomic E-state index is 10.7. The maximum atomic E-state index is 10.7. The first-order valence-electron chi connectivity index (χ1n) is 4.73. The summed E-state index contributed by atoms with van der Waals surface area (Å²) in [5, 5.41) is 8.83. The molecule has 74 valence electrons. The second kappa shape index (κ2) is 3.27. The quantitative estimate of drug-likeness (QED) is 0.659. The summed E-state index contributed by atoms with van der Waals surface area (Å²) in [5.41, 5.74) is 0. The molecule has 0 radical (unpaired) electrons. The molecule has 2 aliphatic rings. The molecule has 4 heteroatoms. The molecule has 0 amide bonds. The highest BCUT2D eigenvalue weighted by Gasteiger charge is 2.39. The van der Waals surface area contributed by atoms with E-state index in [-0.39, 0.29) is 6.04 Å². The predicted octanol–water partition coefficient (Wildman–Crippen LogP) is 0.0377. The van der Waals surface area contributed by atoms with Crippen LogP contribution in [0.25, 0.3) is 0 Å². The monoisotopic (exact) mass is 185 g/mol. The second-order valence-electron chi connectivity index (χ2n) is 4.03. The highest BCUT2D eigenvalue weighted by atomic mass is 16.5. The Labute approximate surface area is 77.5 Å². The van der Waals surface area contributed by atoms with E-state index in [2.05, 4.69) is 0 Å². The van der Waals surface area contributed by atoms with E-state index in [1.54, 1.807) is 6.92 Å². The van der Waals surface area contributed by atoms with E-state index < -0.39 is 5.97 Å². The topological polar surface area (TPSA) is 49.8 Å². The zero-order chi connectivity index (χ0) is 9.42. The van der Waals surface area contributed by atoms with Crippen molar-refractivity contribution in [2.45, 2.75) is 13.0 Å². The van der Waals surface area contributed by atoms with Crippen LogP contribution in [0.4, 0.5) is 0 Å². The Morgan fingerprint density at radius 2 is 2.00 bits per heavy atom. The van der Waals surface area contributed by atoms with Crippen LogP contribution >= 0.6 is 0 Å².